The third-order valence-corrected chi connectivity index (χ3v) is 3.20. The van der Waals surface area contributed by atoms with Crippen molar-refractivity contribution in [2.24, 2.45) is 0 Å². The molecule has 0 saturated carbocycles. The van der Waals surface area contributed by atoms with Crippen LogP contribution in [0.2, 0.25) is 0 Å². The van der Waals surface area contributed by atoms with Gasteiger partial charge in [-0.2, -0.15) is 5.26 Å². The van der Waals surface area contributed by atoms with E-state index in [1.54, 1.807) is 51.4 Å². The molecule has 0 saturated heterocycles. The van der Waals surface area contributed by atoms with Gasteiger partial charge in [-0.15, -0.1) is 0 Å². The van der Waals surface area contributed by atoms with Gasteiger partial charge in [0, 0.05) is 23.5 Å². The quantitative estimate of drug-likeness (QED) is 0.803. The Morgan fingerprint density at radius 2 is 2.00 bits per heavy atom. The number of carbonyl (C=O) groups is 1. The summed E-state index contributed by atoms with van der Waals surface area (Å²) in [5.74, 6) is 0.0664. The second-order valence-electron chi connectivity index (χ2n) is 6.39. The predicted octanol–water partition coefficient (Wildman–Crippen LogP) is 3.65. The number of carbonyl (C=O) groups excluding carboxylic acids is 1. The first-order valence-corrected chi connectivity index (χ1v) is 7.60. The van der Waals surface area contributed by atoms with Gasteiger partial charge in [-0.25, -0.2) is 4.79 Å². The van der Waals surface area contributed by atoms with Gasteiger partial charge in [-0.05, 0) is 57.5 Å². The minimum atomic E-state index is -0.562. The minimum absolute atomic E-state index is 0.199. The van der Waals surface area contributed by atoms with E-state index >= 15 is 0 Å². The molecule has 0 atom stereocenters. The zero-order chi connectivity index (χ0) is 17.7. The topological polar surface area (TPSA) is 72.2 Å². The summed E-state index contributed by atoms with van der Waals surface area (Å²) < 4.78 is 10.9. The summed E-state index contributed by atoms with van der Waals surface area (Å²) in [7, 11) is 0. The van der Waals surface area contributed by atoms with E-state index < -0.39 is 11.6 Å². The summed E-state index contributed by atoms with van der Waals surface area (Å²) in [6.45, 7) is 7.16. The number of hydrogen-bond acceptors (Lipinski definition) is 5. The predicted molar refractivity (Wildman–Crippen MR) is 90.5 cm³/mol. The Labute approximate surface area is 141 Å². The fourth-order valence-corrected chi connectivity index (χ4v) is 2.19. The van der Waals surface area contributed by atoms with E-state index in [0.717, 1.165) is 16.7 Å². The van der Waals surface area contributed by atoms with Gasteiger partial charge in [0.2, 0.25) is 0 Å². The highest BCUT2D eigenvalue weighted by Gasteiger charge is 2.18. The Hall–Kier alpha value is -2.87. The molecule has 5 nitrogen and oxygen atoms in total. The van der Waals surface area contributed by atoms with E-state index in [-0.39, 0.29) is 6.61 Å². The molecule has 0 radical (unpaired) electrons. The second kappa shape index (κ2) is 7.14. The van der Waals surface area contributed by atoms with Crippen molar-refractivity contribution in [3.05, 3.63) is 47.8 Å². The lowest BCUT2D eigenvalue weighted by Crippen LogP contribution is -2.27. The molecule has 0 unspecified atom stereocenters. The molecule has 2 aromatic rings. The Balaban J connectivity index is 2.29. The van der Waals surface area contributed by atoms with E-state index in [4.69, 9.17) is 14.7 Å². The highest BCUT2D eigenvalue weighted by Crippen LogP contribution is 2.32. The van der Waals surface area contributed by atoms with Crippen LogP contribution in [0.15, 0.2) is 36.7 Å². The molecule has 124 valence electrons. The van der Waals surface area contributed by atoms with Crippen LogP contribution in [0.5, 0.6) is 5.75 Å². The van der Waals surface area contributed by atoms with E-state index in [1.807, 2.05) is 13.0 Å². The molecule has 1 heterocycles. The van der Waals surface area contributed by atoms with E-state index in [1.165, 1.54) is 0 Å². The van der Waals surface area contributed by atoms with Gasteiger partial charge >= 0.3 is 5.97 Å². The number of aryl methyl sites for hydroxylation is 1. The van der Waals surface area contributed by atoms with E-state index in [2.05, 4.69) is 11.1 Å². The number of nitrogens with zero attached hydrogens (tertiary/aromatic N) is 2. The number of ether oxygens (including phenoxy) is 2. The zero-order valence-electron chi connectivity index (χ0n) is 14.3. The average Bonchev–Trinajstić information content (AvgIpc) is 2.52. The molecular formula is C19H20N2O3. The molecule has 0 amide bonds. The van der Waals surface area contributed by atoms with Gasteiger partial charge in [0.25, 0.3) is 0 Å². The molecule has 5 heteroatoms. The van der Waals surface area contributed by atoms with Crippen LogP contribution in [0.4, 0.5) is 0 Å². The number of nitriles is 1. The first kappa shape index (κ1) is 17.5. The average molecular weight is 324 g/mol. The monoisotopic (exact) mass is 324 g/mol. The van der Waals surface area contributed by atoms with Crippen molar-refractivity contribution in [2.75, 3.05) is 6.61 Å². The van der Waals surface area contributed by atoms with E-state index in [9.17, 15) is 4.79 Å². The third kappa shape index (κ3) is 4.56. The van der Waals surface area contributed by atoms with Crippen molar-refractivity contribution in [3.63, 3.8) is 0 Å². The van der Waals surface area contributed by atoms with Gasteiger partial charge < -0.3 is 9.47 Å². The van der Waals surface area contributed by atoms with Gasteiger partial charge in [0.15, 0.2) is 6.61 Å². The first-order valence-electron chi connectivity index (χ1n) is 7.60. The van der Waals surface area contributed by atoms with Crippen LogP contribution in [0.3, 0.4) is 0 Å². The summed E-state index contributed by atoms with van der Waals surface area (Å²) in [5, 5.41) is 9.13. The lowest BCUT2D eigenvalue weighted by molar-refractivity contribution is -0.157. The SMILES string of the molecule is Cc1ccncc1-c1cc(C#N)ccc1OCC(=O)OC(C)(C)C. The van der Waals surface area contributed by atoms with Crippen LogP contribution in [-0.4, -0.2) is 23.2 Å². The normalized spacial score (nSPS) is 10.8. The van der Waals surface area contributed by atoms with Crippen LogP contribution in [-0.2, 0) is 9.53 Å². The van der Waals surface area contributed by atoms with Crippen molar-refractivity contribution in [2.45, 2.75) is 33.3 Å². The Morgan fingerprint density at radius 3 is 2.62 bits per heavy atom. The molecule has 0 fully saturated rings. The molecule has 0 spiro atoms. The number of esters is 1. The van der Waals surface area contributed by atoms with Gasteiger partial charge in [0.1, 0.15) is 11.4 Å². The number of benzene rings is 1. The highest BCUT2D eigenvalue weighted by atomic mass is 16.6. The van der Waals surface area contributed by atoms with Crippen LogP contribution >= 0.6 is 0 Å². The summed E-state index contributed by atoms with van der Waals surface area (Å²) in [6.07, 6.45) is 3.42. The molecule has 0 N–H and O–H groups in total. The van der Waals surface area contributed by atoms with Crippen molar-refractivity contribution >= 4 is 5.97 Å². The van der Waals surface area contributed by atoms with Gasteiger partial charge in [-0.3, -0.25) is 4.98 Å². The second-order valence-corrected chi connectivity index (χ2v) is 6.39. The lowest BCUT2D eigenvalue weighted by Gasteiger charge is -2.20. The molecule has 0 aliphatic heterocycles. The van der Waals surface area contributed by atoms with Gasteiger partial charge in [0.05, 0.1) is 11.6 Å². The van der Waals surface area contributed by atoms with Crippen LogP contribution < -0.4 is 4.74 Å². The third-order valence-electron chi connectivity index (χ3n) is 3.20. The summed E-state index contributed by atoms with van der Waals surface area (Å²) in [5.41, 5.74) is 2.53. The van der Waals surface area contributed by atoms with E-state index in [0.29, 0.717) is 11.3 Å². The molecule has 0 aliphatic rings. The van der Waals surface area contributed by atoms with Crippen LogP contribution in [0.1, 0.15) is 31.9 Å². The maximum Gasteiger partial charge on any atom is 0.344 e. The van der Waals surface area contributed by atoms with Gasteiger partial charge in [-0.1, -0.05) is 0 Å². The Morgan fingerprint density at radius 1 is 1.25 bits per heavy atom. The molecule has 24 heavy (non-hydrogen) atoms. The molecule has 1 aromatic carbocycles. The van der Waals surface area contributed by atoms with Crippen molar-refractivity contribution in [1.82, 2.24) is 4.98 Å². The lowest BCUT2D eigenvalue weighted by atomic mass is 10.00. The summed E-state index contributed by atoms with van der Waals surface area (Å²) >= 11 is 0. The van der Waals surface area contributed by atoms with Crippen LogP contribution in [0, 0.1) is 18.3 Å². The van der Waals surface area contributed by atoms with Crippen molar-refractivity contribution in [3.8, 4) is 22.9 Å². The largest absolute Gasteiger partial charge is 0.481 e. The Kier molecular flexibility index (Phi) is 5.20. The summed E-state index contributed by atoms with van der Waals surface area (Å²) in [4.78, 5) is 16.0. The fourth-order valence-electron chi connectivity index (χ4n) is 2.19. The molecule has 0 bridgehead atoms. The van der Waals surface area contributed by atoms with Crippen LogP contribution in [0.25, 0.3) is 11.1 Å². The zero-order valence-corrected chi connectivity index (χ0v) is 14.3. The highest BCUT2D eigenvalue weighted by molar-refractivity contribution is 5.75. The van der Waals surface area contributed by atoms with Crippen molar-refractivity contribution in [1.29, 1.82) is 5.26 Å². The number of hydrogen-bond donors (Lipinski definition) is 0. The standard InChI is InChI=1S/C19H20N2O3/c1-13-7-8-21-11-16(13)15-9-14(10-20)5-6-17(15)23-12-18(22)24-19(2,3)4/h5-9,11H,12H2,1-4H3. The first-order chi connectivity index (χ1) is 11.3. The molecule has 1 aromatic heterocycles. The maximum atomic E-state index is 11.9. The maximum absolute atomic E-state index is 11.9. The number of aromatic nitrogens is 1. The minimum Gasteiger partial charge on any atom is -0.481 e. The molecule has 2 rings (SSSR count). The Bertz CT molecular complexity index is 786. The smallest absolute Gasteiger partial charge is 0.344 e. The van der Waals surface area contributed by atoms with Crippen molar-refractivity contribution < 1.29 is 14.3 Å². The number of pyridine rings is 1. The molecule has 0 aliphatic carbocycles. The molecular weight excluding hydrogens is 304 g/mol. The summed E-state index contributed by atoms with van der Waals surface area (Å²) in [6, 6.07) is 9.06. The number of rotatable bonds is 4. The fraction of sp³-hybridized carbons (Fsp3) is 0.316.